The summed E-state index contributed by atoms with van der Waals surface area (Å²) in [4.78, 5) is 12.3. The molecule has 0 saturated carbocycles. The molecule has 6 aromatic carbocycles. The summed E-state index contributed by atoms with van der Waals surface area (Å²) in [5, 5.41) is 1.01. The van der Waals surface area contributed by atoms with Crippen molar-refractivity contribution in [3.05, 3.63) is 151 Å². The maximum Gasteiger partial charge on any atom is 0.172 e. The van der Waals surface area contributed by atoms with Gasteiger partial charge in [-0.25, -0.2) is 9.97 Å². The standard InChI is InChI=1S/C41H29N3O2/c1-41(2)30-15-7-10-18-33(30)44(34-19-11-8-16-31(34)41)28-21-23-36-38(25-28)46-37-24-27(20-22-35(37)45-36)40-42-32-17-9-6-14-29(32)39(43-40)26-12-4-3-5-13-26/h3-25H,1-2H3. The highest BCUT2D eigenvalue weighted by Gasteiger charge is 2.36. The lowest BCUT2D eigenvalue weighted by Crippen LogP contribution is -2.30. The predicted molar refractivity (Wildman–Crippen MR) is 184 cm³/mol. The summed E-state index contributed by atoms with van der Waals surface area (Å²) in [6, 6.07) is 47.7. The molecule has 5 heteroatoms. The molecule has 46 heavy (non-hydrogen) atoms. The van der Waals surface area contributed by atoms with Crippen molar-refractivity contribution in [2.24, 2.45) is 0 Å². The van der Waals surface area contributed by atoms with E-state index in [2.05, 4.69) is 97.6 Å². The van der Waals surface area contributed by atoms with E-state index in [0.29, 0.717) is 28.8 Å². The Bertz CT molecular complexity index is 2260. The van der Waals surface area contributed by atoms with E-state index in [0.717, 1.165) is 44.8 Å². The maximum absolute atomic E-state index is 6.58. The number of ether oxygens (including phenoxy) is 2. The van der Waals surface area contributed by atoms with Crippen molar-refractivity contribution in [2.45, 2.75) is 19.3 Å². The van der Waals surface area contributed by atoms with Crippen LogP contribution >= 0.6 is 0 Å². The Balaban J connectivity index is 1.12. The van der Waals surface area contributed by atoms with Crippen LogP contribution < -0.4 is 14.4 Å². The van der Waals surface area contributed by atoms with Crippen LogP contribution in [0.5, 0.6) is 23.0 Å². The van der Waals surface area contributed by atoms with Crippen LogP contribution in [0.2, 0.25) is 0 Å². The number of fused-ring (bicyclic) bond motifs is 5. The lowest BCUT2D eigenvalue weighted by atomic mass is 9.73. The minimum Gasteiger partial charge on any atom is -0.450 e. The molecule has 1 aromatic heterocycles. The third-order valence-corrected chi connectivity index (χ3v) is 9.11. The minimum absolute atomic E-state index is 0.127. The van der Waals surface area contributed by atoms with Gasteiger partial charge in [-0.15, -0.1) is 0 Å². The van der Waals surface area contributed by atoms with Crippen molar-refractivity contribution in [2.75, 3.05) is 4.90 Å². The summed E-state index contributed by atoms with van der Waals surface area (Å²) in [6.07, 6.45) is 0. The van der Waals surface area contributed by atoms with E-state index in [4.69, 9.17) is 19.4 Å². The normalized spacial score (nSPS) is 13.9. The van der Waals surface area contributed by atoms with E-state index in [1.165, 1.54) is 11.1 Å². The Labute approximate surface area is 267 Å². The molecule has 0 fully saturated rings. The Morgan fingerprint density at radius 1 is 0.522 bits per heavy atom. The van der Waals surface area contributed by atoms with E-state index >= 15 is 0 Å². The molecule has 0 bridgehead atoms. The van der Waals surface area contributed by atoms with Gasteiger partial charge in [-0.1, -0.05) is 98.8 Å². The van der Waals surface area contributed by atoms with Gasteiger partial charge in [0.25, 0.3) is 0 Å². The molecule has 0 aliphatic carbocycles. The molecule has 3 heterocycles. The van der Waals surface area contributed by atoms with Crippen LogP contribution in [0, 0.1) is 0 Å². The Morgan fingerprint density at radius 2 is 1.13 bits per heavy atom. The fraction of sp³-hybridized carbons (Fsp3) is 0.0732. The average Bonchev–Trinajstić information content (AvgIpc) is 3.10. The maximum atomic E-state index is 6.58. The fourth-order valence-electron chi connectivity index (χ4n) is 6.82. The van der Waals surface area contributed by atoms with Gasteiger partial charge >= 0.3 is 0 Å². The monoisotopic (exact) mass is 595 g/mol. The summed E-state index contributed by atoms with van der Waals surface area (Å²) in [5.74, 6) is 3.25. The third-order valence-electron chi connectivity index (χ3n) is 9.11. The molecular formula is C41H29N3O2. The van der Waals surface area contributed by atoms with Gasteiger partial charge in [0.05, 0.1) is 28.3 Å². The van der Waals surface area contributed by atoms with E-state index in [-0.39, 0.29) is 5.41 Å². The molecule has 7 aromatic rings. The fourth-order valence-corrected chi connectivity index (χ4v) is 6.82. The first kappa shape index (κ1) is 26.5. The summed E-state index contributed by atoms with van der Waals surface area (Å²) >= 11 is 0. The summed E-state index contributed by atoms with van der Waals surface area (Å²) in [6.45, 7) is 4.59. The molecule has 0 amide bonds. The highest BCUT2D eigenvalue weighted by Crippen LogP contribution is 2.54. The van der Waals surface area contributed by atoms with Crippen molar-refractivity contribution in [1.29, 1.82) is 0 Å². The second-order valence-corrected chi connectivity index (χ2v) is 12.3. The lowest BCUT2D eigenvalue weighted by Gasteiger charge is -2.42. The molecule has 0 unspecified atom stereocenters. The van der Waals surface area contributed by atoms with Crippen LogP contribution in [0.4, 0.5) is 17.1 Å². The Kier molecular flexibility index (Phi) is 5.78. The van der Waals surface area contributed by atoms with Gasteiger partial charge in [-0.05, 0) is 59.7 Å². The van der Waals surface area contributed by atoms with Crippen molar-refractivity contribution in [1.82, 2.24) is 9.97 Å². The molecule has 5 nitrogen and oxygen atoms in total. The number of anilines is 3. The number of rotatable bonds is 3. The summed E-state index contributed by atoms with van der Waals surface area (Å²) < 4.78 is 12.9. The van der Waals surface area contributed by atoms with Gasteiger partial charge in [-0.3, -0.25) is 0 Å². The van der Waals surface area contributed by atoms with Crippen LogP contribution in [0.15, 0.2) is 140 Å². The Hall–Kier alpha value is -5.94. The zero-order chi connectivity index (χ0) is 30.8. The quantitative estimate of drug-likeness (QED) is 0.203. The summed E-state index contributed by atoms with van der Waals surface area (Å²) in [7, 11) is 0. The van der Waals surface area contributed by atoms with Gasteiger partial charge in [0.2, 0.25) is 0 Å². The van der Waals surface area contributed by atoms with Crippen LogP contribution in [0.3, 0.4) is 0 Å². The first-order chi connectivity index (χ1) is 22.5. The first-order valence-corrected chi connectivity index (χ1v) is 15.5. The molecule has 0 atom stereocenters. The van der Waals surface area contributed by atoms with Gasteiger partial charge in [0.1, 0.15) is 0 Å². The number of aromatic nitrogens is 2. The third kappa shape index (κ3) is 4.09. The zero-order valence-electron chi connectivity index (χ0n) is 25.4. The van der Waals surface area contributed by atoms with E-state index in [9.17, 15) is 0 Å². The number of nitrogens with zero attached hydrogens (tertiary/aromatic N) is 3. The van der Waals surface area contributed by atoms with Crippen LogP contribution in [0.25, 0.3) is 33.5 Å². The molecule has 9 rings (SSSR count). The van der Waals surface area contributed by atoms with Crippen molar-refractivity contribution >= 4 is 28.0 Å². The zero-order valence-corrected chi connectivity index (χ0v) is 25.4. The van der Waals surface area contributed by atoms with Gasteiger partial charge in [-0.2, -0.15) is 0 Å². The largest absolute Gasteiger partial charge is 0.450 e. The smallest absolute Gasteiger partial charge is 0.172 e. The highest BCUT2D eigenvalue weighted by molar-refractivity contribution is 5.93. The summed E-state index contributed by atoms with van der Waals surface area (Å²) in [5.41, 5.74) is 9.45. The van der Waals surface area contributed by atoms with Crippen molar-refractivity contribution in [3.8, 4) is 45.6 Å². The number of benzene rings is 6. The Morgan fingerprint density at radius 3 is 1.89 bits per heavy atom. The van der Waals surface area contributed by atoms with Gasteiger partial charge in [0.15, 0.2) is 28.8 Å². The SMILES string of the molecule is CC1(C)c2ccccc2N(c2ccc3c(c2)Oc2cc(-c4nc(-c5ccccc5)c5ccccc5n4)ccc2O3)c2ccccc21. The van der Waals surface area contributed by atoms with E-state index in [1.807, 2.05) is 60.7 Å². The molecule has 0 saturated heterocycles. The first-order valence-electron chi connectivity index (χ1n) is 15.5. The molecule has 0 spiro atoms. The average molecular weight is 596 g/mol. The number of para-hydroxylation sites is 3. The molecule has 220 valence electrons. The minimum atomic E-state index is -0.127. The van der Waals surface area contributed by atoms with Crippen LogP contribution in [0.1, 0.15) is 25.0 Å². The van der Waals surface area contributed by atoms with Crippen molar-refractivity contribution in [3.63, 3.8) is 0 Å². The number of hydrogen-bond donors (Lipinski definition) is 0. The topological polar surface area (TPSA) is 47.5 Å². The molecule has 0 radical (unpaired) electrons. The molecule has 2 aliphatic rings. The highest BCUT2D eigenvalue weighted by atomic mass is 16.6. The van der Waals surface area contributed by atoms with Gasteiger partial charge in [0, 0.05) is 28.0 Å². The van der Waals surface area contributed by atoms with Crippen LogP contribution in [-0.4, -0.2) is 9.97 Å². The molecule has 2 aliphatic heterocycles. The second kappa shape index (κ2) is 10.0. The van der Waals surface area contributed by atoms with E-state index in [1.54, 1.807) is 0 Å². The lowest BCUT2D eigenvalue weighted by molar-refractivity contribution is 0.360. The van der Waals surface area contributed by atoms with E-state index < -0.39 is 0 Å². The predicted octanol–water partition coefficient (Wildman–Crippen LogP) is 11.0. The van der Waals surface area contributed by atoms with Gasteiger partial charge < -0.3 is 14.4 Å². The molecular weight excluding hydrogens is 566 g/mol. The van der Waals surface area contributed by atoms with Crippen molar-refractivity contribution < 1.29 is 9.47 Å². The molecule has 0 N–H and O–H groups in total. The van der Waals surface area contributed by atoms with Crippen LogP contribution in [-0.2, 0) is 5.41 Å². The number of hydrogen-bond acceptors (Lipinski definition) is 5. The second-order valence-electron chi connectivity index (χ2n) is 12.3.